The monoisotopic (exact) mass is 301 g/mol. The van der Waals surface area contributed by atoms with E-state index in [0.717, 1.165) is 12.1 Å². The average molecular weight is 301 g/mol. The van der Waals surface area contributed by atoms with Crippen LogP contribution in [0.2, 0.25) is 0 Å². The fourth-order valence-corrected chi connectivity index (χ4v) is 2.80. The van der Waals surface area contributed by atoms with Gasteiger partial charge in [-0.25, -0.2) is 21.9 Å². The van der Waals surface area contributed by atoms with Crippen LogP contribution in [-0.4, -0.2) is 18.2 Å². The highest BCUT2D eigenvalue weighted by molar-refractivity contribution is 7.92. The highest BCUT2D eigenvalue weighted by Crippen LogP contribution is 2.21. The van der Waals surface area contributed by atoms with Crippen LogP contribution in [0.15, 0.2) is 35.4 Å². The highest BCUT2D eigenvalue weighted by atomic mass is 32.2. The lowest BCUT2D eigenvalue weighted by Crippen LogP contribution is -2.18. The van der Waals surface area contributed by atoms with Crippen LogP contribution in [0.4, 0.5) is 14.6 Å². The number of anilines is 1. The first-order valence-electron chi connectivity index (χ1n) is 5.82. The minimum Gasteiger partial charge on any atom is -0.263 e. The molecule has 1 aromatic heterocycles. The van der Waals surface area contributed by atoms with Crippen molar-refractivity contribution in [3.63, 3.8) is 0 Å². The van der Waals surface area contributed by atoms with Gasteiger partial charge in [0, 0.05) is 18.2 Å². The summed E-state index contributed by atoms with van der Waals surface area (Å²) in [5.41, 5.74) is 0. The quantitative estimate of drug-likeness (QED) is 0.944. The van der Waals surface area contributed by atoms with Gasteiger partial charge >= 0.3 is 0 Å². The molecule has 5 nitrogen and oxygen atoms in total. The molecule has 0 fully saturated rings. The fourth-order valence-electron chi connectivity index (χ4n) is 1.69. The van der Waals surface area contributed by atoms with Crippen molar-refractivity contribution in [2.24, 2.45) is 0 Å². The highest BCUT2D eigenvalue weighted by Gasteiger charge is 2.21. The largest absolute Gasteiger partial charge is 0.265 e. The van der Waals surface area contributed by atoms with Crippen LogP contribution in [0.1, 0.15) is 19.9 Å². The molecule has 1 N–H and O–H groups in total. The molecule has 0 aliphatic rings. The molecule has 0 atom stereocenters. The van der Waals surface area contributed by atoms with Crippen molar-refractivity contribution in [1.82, 2.24) is 9.78 Å². The third-order valence-corrected chi connectivity index (χ3v) is 3.97. The number of nitrogens with one attached hydrogen (secondary N) is 1. The molecule has 0 aliphatic heterocycles. The van der Waals surface area contributed by atoms with Crippen molar-refractivity contribution >= 4 is 15.8 Å². The summed E-state index contributed by atoms with van der Waals surface area (Å²) in [4.78, 5) is -0.615. The standard InChI is InChI=1S/C12H13F2N3O2S/c1-8(2)17-12(5-6-15-17)16-20(18,19)11-4-3-9(13)7-10(11)14/h3-8,16H,1-2H3. The van der Waals surface area contributed by atoms with Gasteiger partial charge in [-0.15, -0.1) is 0 Å². The molecular weight excluding hydrogens is 288 g/mol. The Morgan fingerprint density at radius 2 is 1.95 bits per heavy atom. The zero-order valence-electron chi connectivity index (χ0n) is 10.8. The minimum absolute atomic E-state index is 0.0687. The van der Waals surface area contributed by atoms with Gasteiger partial charge in [-0.05, 0) is 26.0 Å². The molecule has 0 radical (unpaired) electrons. The van der Waals surface area contributed by atoms with E-state index in [-0.39, 0.29) is 11.9 Å². The summed E-state index contributed by atoms with van der Waals surface area (Å²) in [6.07, 6.45) is 1.43. The van der Waals surface area contributed by atoms with Gasteiger partial charge in [-0.1, -0.05) is 0 Å². The van der Waals surface area contributed by atoms with E-state index in [4.69, 9.17) is 0 Å². The van der Waals surface area contributed by atoms with E-state index in [1.54, 1.807) is 0 Å². The smallest absolute Gasteiger partial charge is 0.263 e. The molecule has 0 saturated heterocycles. The van der Waals surface area contributed by atoms with Crippen molar-refractivity contribution in [2.75, 3.05) is 4.72 Å². The number of aromatic nitrogens is 2. The predicted octanol–water partition coefficient (Wildman–Crippen LogP) is 2.54. The third-order valence-electron chi connectivity index (χ3n) is 2.58. The summed E-state index contributed by atoms with van der Waals surface area (Å²) in [7, 11) is -4.14. The first kappa shape index (κ1) is 14.4. The molecule has 0 bridgehead atoms. The summed E-state index contributed by atoms with van der Waals surface area (Å²) in [6, 6.07) is 3.68. The molecule has 0 spiro atoms. The molecule has 0 aliphatic carbocycles. The molecular formula is C12H13F2N3O2S. The van der Waals surface area contributed by atoms with Gasteiger partial charge in [0.05, 0.1) is 6.20 Å². The number of hydrogen-bond acceptors (Lipinski definition) is 3. The molecule has 108 valence electrons. The van der Waals surface area contributed by atoms with E-state index >= 15 is 0 Å². The van der Waals surface area contributed by atoms with Gasteiger partial charge in [-0.2, -0.15) is 5.10 Å². The minimum atomic E-state index is -4.14. The first-order valence-corrected chi connectivity index (χ1v) is 7.31. The van der Waals surface area contributed by atoms with Crippen LogP contribution >= 0.6 is 0 Å². The number of sulfonamides is 1. The van der Waals surface area contributed by atoms with Gasteiger partial charge in [0.2, 0.25) is 0 Å². The maximum Gasteiger partial charge on any atom is 0.265 e. The Labute approximate surface area is 115 Å². The SMILES string of the molecule is CC(C)n1nccc1NS(=O)(=O)c1ccc(F)cc1F. The van der Waals surface area contributed by atoms with Crippen molar-refractivity contribution in [1.29, 1.82) is 0 Å². The first-order chi connectivity index (χ1) is 9.31. The average Bonchev–Trinajstić information content (AvgIpc) is 2.75. The van der Waals surface area contributed by atoms with Crippen molar-refractivity contribution < 1.29 is 17.2 Å². The Kier molecular flexibility index (Phi) is 3.76. The molecule has 2 aromatic rings. The molecule has 1 aromatic carbocycles. The van der Waals surface area contributed by atoms with Gasteiger partial charge in [0.25, 0.3) is 10.0 Å². The molecule has 20 heavy (non-hydrogen) atoms. The zero-order chi connectivity index (χ0) is 14.9. The number of hydrogen-bond donors (Lipinski definition) is 1. The lowest BCUT2D eigenvalue weighted by Gasteiger charge is -2.13. The Bertz CT molecular complexity index is 726. The summed E-state index contributed by atoms with van der Waals surface area (Å²) >= 11 is 0. The Morgan fingerprint density at radius 1 is 1.25 bits per heavy atom. The molecule has 0 amide bonds. The number of nitrogens with zero attached hydrogens (tertiary/aromatic N) is 2. The normalized spacial score (nSPS) is 11.8. The molecule has 0 saturated carbocycles. The summed E-state index contributed by atoms with van der Waals surface area (Å²) < 4.78 is 54.2. The van der Waals surface area contributed by atoms with Crippen molar-refractivity contribution in [3.05, 3.63) is 42.1 Å². The summed E-state index contributed by atoms with van der Waals surface area (Å²) in [5.74, 6) is -1.77. The van der Waals surface area contributed by atoms with Crippen LogP contribution < -0.4 is 4.72 Å². The van der Waals surface area contributed by atoms with Crippen LogP contribution in [0.3, 0.4) is 0 Å². The van der Waals surface area contributed by atoms with Crippen LogP contribution in [0.25, 0.3) is 0 Å². The Hall–Kier alpha value is -1.96. The summed E-state index contributed by atoms with van der Waals surface area (Å²) in [6.45, 7) is 3.65. The predicted molar refractivity (Wildman–Crippen MR) is 69.8 cm³/mol. The second kappa shape index (κ2) is 5.20. The second-order valence-electron chi connectivity index (χ2n) is 4.44. The van der Waals surface area contributed by atoms with Crippen molar-refractivity contribution in [3.8, 4) is 0 Å². The third kappa shape index (κ3) is 2.79. The fraction of sp³-hybridized carbons (Fsp3) is 0.250. The van der Waals surface area contributed by atoms with E-state index < -0.39 is 26.6 Å². The molecule has 1 heterocycles. The lowest BCUT2D eigenvalue weighted by atomic mass is 10.3. The van der Waals surface area contributed by atoms with E-state index in [2.05, 4.69) is 9.82 Å². The lowest BCUT2D eigenvalue weighted by molar-refractivity contribution is 0.537. The van der Waals surface area contributed by atoms with E-state index in [1.165, 1.54) is 16.9 Å². The van der Waals surface area contributed by atoms with E-state index in [0.29, 0.717) is 6.07 Å². The van der Waals surface area contributed by atoms with E-state index in [9.17, 15) is 17.2 Å². The maximum absolute atomic E-state index is 13.6. The molecule has 8 heteroatoms. The van der Waals surface area contributed by atoms with Crippen LogP contribution in [0, 0.1) is 11.6 Å². The van der Waals surface area contributed by atoms with Gasteiger partial charge in [-0.3, -0.25) is 4.72 Å². The topological polar surface area (TPSA) is 64.0 Å². The number of halogens is 2. The molecule has 0 unspecified atom stereocenters. The summed E-state index contributed by atoms with van der Waals surface area (Å²) in [5, 5.41) is 3.97. The van der Waals surface area contributed by atoms with Gasteiger partial charge in [0.1, 0.15) is 22.3 Å². The Morgan fingerprint density at radius 3 is 2.55 bits per heavy atom. The molecule has 2 rings (SSSR count). The van der Waals surface area contributed by atoms with Gasteiger partial charge < -0.3 is 0 Å². The zero-order valence-corrected chi connectivity index (χ0v) is 11.7. The second-order valence-corrected chi connectivity index (χ2v) is 6.09. The van der Waals surface area contributed by atoms with Gasteiger partial charge in [0.15, 0.2) is 0 Å². The number of rotatable bonds is 4. The number of benzene rings is 1. The van der Waals surface area contributed by atoms with Crippen molar-refractivity contribution in [2.45, 2.75) is 24.8 Å². The maximum atomic E-state index is 13.6. The Balaban J connectivity index is 2.38. The van der Waals surface area contributed by atoms with Crippen LogP contribution in [-0.2, 0) is 10.0 Å². The van der Waals surface area contributed by atoms with Crippen LogP contribution in [0.5, 0.6) is 0 Å². The van der Waals surface area contributed by atoms with E-state index in [1.807, 2.05) is 13.8 Å².